The quantitative estimate of drug-likeness (QED) is 0.427. The van der Waals surface area contributed by atoms with Crippen LogP contribution in [0, 0.1) is 10.8 Å². The molecule has 1 amide bonds. The number of para-hydroxylation sites is 2. The van der Waals surface area contributed by atoms with E-state index in [0.717, 1.165) is 73.4 Å². The molecule has 1 spiro atoms. The molecule has 0 bridgehead atoms. The summed E-state index contributed by atoms with van der Waals surface area (Å²) in [6.07, 6.45) is 6.69. The van der Waals surface area contributed by atoms with Crippen LogP contribution in [0.25, 0.3) is 11.0 Å². The fourth-order valence-corrected chi connectivity index (χ4v) is 5.14. The largest absolute Gasteiger partial charge is 0.355 e. The number of anilines is 1. The highest BCUT2D eigenvalue weighted by atomic mass is 16.2. The number of carbonyl (C=O) groups is 1. The standard InChI is InChI=1S/C26H29N7O/c27-13-14-29-31-21-7-2-1-6-20(21)19-33-15-5-10-26(25(33)34)11-16-32(17-12-26)24-18-28-22-8-3-4-9-23(22)30-24/h1-4,6-9,13,18,27H,5,10-12,14-17,19H2. The number of nitrogens with one attached hydrogen (secondary N) is 1. The molecule has 34 heavy (non-hydrogen) atoms. The van der Waals surface area contributed by atoms with Gasteiger partial charge in [0.2, 0.25) is 5.91 Å². The fourth-order valence-electron chi connectivity index (χ4n) is 5.14. The number of piperidine rings is 2. The Labute approximate surface area is 199 Å². The maximum atomic E-state index is 13.7. The molecular weight excluding hydrogens is 426 g/mol. The Bertz CT molecular complexity index is 1220. The van der Waals surface area contributed by atoms with E-state index in [9.17, 15) is 4.79 Å². The molecule has 2 aliphatic rings. The Morgan fingerprint density at radius 1 is 1.00 bits per heavy atom. The van der Waals surface area contributed by atoms with Crippen LogP contribution in [0.15, 0.2) is 65.0 Å². The van der Waals surface area contributed by atoms with Crippen LogP contribution in [0.3, 0.4) is 0 Å². The van der Waals surface area contributed by atoms with Crippen LogP contribution in [0.1, 0.15) is 31.2 Å². The molecule has 5 rings (SSSR count). The number of fused-ring (bicyclic) bond motifs is 1. The van der Waals surface area contributed by atoms with Gasteiger partial charge in [-0.3, -0.25) is 9.78 Å². The highest BCUT2D eigenvalue weighted by molar-refractivity contribution is 5.84. The lowest BCUT2D eigenvalue weighted by Gasteiger charge is -2.46. The maximum absolute atomic E-state index is 13.7. The molecule has 2 fully saturated rings. The number of aromatic nitrogens is 2. The molecule has 0 atom stereocenters. The molecule has 8 nitrogen and oxygen atoms in total. The number of benzene rings is 2. The van der Waals surface area contributed by atoms with Crippen molar-refractivity contribution in [1.82, 2.24) is 14.9 Å². The number of rotatable bonds is 6. The van der Waals surface area contributed by atoms with E-state index in [-0.39, 0.29) is 17.9 Å². The Balaban J connectivity index is 1.28. The van der Waals surface area contributed by atoms with Crippen LogP contribution in [0.2, 0.25) is 0 Å². The maximum Gasteiger partial charge on any atom is 0.229 e. The lowest BCUT2D eigenvalue weighted by atomic mass is 9.71. The molecule has 1 aromatic heterocycles. The van der Waals surface area contributed by atoms with Crippen molar-refractivity contribution in [2.24, 2.45) is 15.6 Å². The number of nitrogens with zero attached hydrogens (tertiary/aromatic N) is 6. The third kappa shape index (κ3) is 4.40. The first-order chi connectivity index (χ1) is 16.7. The van der Waals surface area contributed by atoms with Crippen molar-refractivity contribution in [2.45, 2.75) is 32.2 Å². The summed E-state index contributed by atoms with van der Waals surface area (Å²) in [4.78, 5) is 27.3. The van der Waals surface area contributed by atoms with Gasteiger partial charge in [-0.25, -0.2) is 4.98 Å². The van der Waals surface area contributed by atoms with E-state index in [1.807, 2.05) is 59.6 Å². The van der Waals surface area contributed by atoms with Crippen molar-refractivity contribution in [3.8, 4) is 0 Å². The molecule has 2 aliphatic heterocycles. The minimum atomic E-state index is -0.296. The van der Waals surface area contributed by atoms with Gasteiger partial charge >= 0.3 is 0 Å². The van der Waals surface area contributed by atoms with Crippen molar-refractivity contribution in [2.75, 3.05) is 31.1 Å². The number of hydrogen-bond donors (Lipinski definition) is 1. The molecule has 8 heteroatoms. The van der Waals surface area contributed by atoms with Crippen LogP contribution in [0.5, 0.6) is 0 Å². The first kappa shape index (κ1) is 22.1. The monoisotopic (exact) mass is 455 g/mol. The number of carbonyl (C=O) groups excluding carboxylic acids is 1. The lowest BCUT2D eigenvalue weighted by Crippen LogP contribution is -2.53. The number of azo groups is 1. The smallest absolute Gasteiger partial charge is 0.229 e. The van der Waals surface area contributed by atoms with Gasteiger partial charge in [-0.15, -0.1) is 0 Å². The van der Waals surface area contributed by atoms with Crippen molar-refractivity contribution in [3.05, 3.63) is 60.3 Å². The summed E-state index contributed by atoms with van der Waals surface area (Å²) in [5, 5.41) is 15.4. The molecular formula is C26H29N7O. The topological polar surface area (TPSA) is 97.9 Å². The Hall–Kier alpha value is -3.68. The van der Waals surface area contributed by atoms with E-state index < -0.39 is 0 Å². The summed E-state index contributed by atoms with van der Waals surface area (Å²) in [5.74, 6) is 1.15. The van der Waals surface area contributed by atoms with Gasteiger partial charge in [0.15, 0.2) is 0 Å². The predicted molar refractivity (Wildman–Crippen MR) is 133 cm³/mol. The summed E-state index contributed by atoms with van der Waals surface area (Å²) in [6.45, 7) is 3.19. The number of amides is 1. The zero-order valence-electron chi connectivity index (χ0n) is 19.2. The van der Waals surface area contributed by atoms with E-state index in [1.165, 1.54) is 6.21 Å². The van der Waals surface area contributed by atoms with Gasteiger partial charge in [0.05, 0.1) is 34.9 Å². The Morgan fingerprint density at radius 3 is 2.59 bits per heavy atom. The Morgan fingerprint density at radius 2 is 1.76 bits per heavy atom. The van der Waals surface area contributed by atoms with E-state index in [1.54, 1.807) is 0 Å². The Kier molecular flexibility index (Phi) is 6.29. The molecule has 2 aromatic carbocycles. The SMILES string of the molecule is N=CCN=Nc1ccccc1CN1CCCC2(CCN(c3cnc4ccccc4n3)CC2)C1=O. The molecule has 0 unspecified atom stereocenters. The van der Waals surface area contributed by atoms with Gasteiger partial charge in [0, 0.05) is 32.4 Å². The normalized spacial score (nSPS) is 18.2. The molecule has 0 aliphatic carbocycles. The van der Waals surface area contributed by atoms with Gasteiger partial charge in [-0.2, -0.15) is 10.2 Å². The van der Waals surface area contributed by atoms with E-state index in [4.69, 9.17) is 10.4 Å². The second kappa shape index (κ2) is 9.67. The predicted octanol–water partition coefficient (Wildman–Crippen LogP) is 4.77. The minimum absolute atomic E-state index is 0.259. The highest BCUT2D eigenvalue weighted by Crippen LogP contribution is 2.42. The van der Waals surface area contributed by atoms with Crippen LogP contribution in [-0.4, -0.2) is 53.2 Å². The number of likely N-dealkylation sites (tertiary alicyclic amines) is 1. The summed E-state index contributed by atoms with van der Waals surface area (Å²) in [5.41, 5.74) is 3.26. The zero-order chi connectivity index (χ0) is 23.4. The van der Waals surface area contributed by atoms with Crippen LogP contribution in [-0.2, 0) is 11.3 Å². The van der Waals surface area contributed by atoms with Crippen LogP contribution >= 0.6 is 0 Å². The summed E-state index contributed by atoms with van der Waals surface area (Å²) in [6, 6.07) is 15.7. The lowest BCUT2D eigenvalue weighted by molar-refractivity contribution is -0.148. The third-order valence-corrected chi connectivity index (χ3v) is 7.01. The molecule has 0 radical (unpaired) electrons. The average molecular weight is 456 g/mol. The minimum Gasteiger partial charge on any atom is -0.355 e. The second-order valence-electron chi connectivity index (χ2n) is 9.07. The van der Waals surface area contributed by atoms with Gasteiger partial charge in [-0.1, -0.05) is 30.3 Å². The summed E-state index contributed by atoms with van der Waals surface area (Å²) < 4.78 is 0. The van der Waals surface area contributed by atoms with Gasteiger partial charge in [-0.05, 0) is 49.4 Å². The average Bonchev–Trinajstić information content (AvgIpc) is 2.88. The first-order valence-corrected chi connectivity index (χ1v) is 11.9. The second-order valence-corrected chi connectivity index (χ2v) is 9.07. The molecule has 3 aromatic rings. The van der Waals surface area contributed by atoms with Crippen LogP contribution in [0.4, 0.5) is 11.5 Å². The molecule has 1 N–H and O–H groups in total. The molecule has 2 saturated heterocycles. The van der Waals surface area contributed by atoms with E-state index >= 15 is 0 Å². The van der Waals surface area contributed by atoms with Crippen molar-refractivity contribution < 1.29 is 4.79 Å². The van der Waals surface area contributed by atoms with Crippen molar-refractivity contribution in [1.29, 1.82) is 5.41 Å². The van der Waals surface area contributed by atoms with Crippen molar-refractivity contribution in [3.63, 3.8) is 0 Å². The molecule has 3 heterocycles. The fraction of sp³-hybridized carbons (Fsp3) is 0.385. The molecule has 0 saturated carbocycles. The van der Waals surface area contributed by atoms with Gasteiger partial charge in [0.1, 0.15) is 5.82 Å². The zero-order valence-corrected chi connectivity index (χ0v) is 19.2. The number of hydrogen-bond acceptors (Lipinski definition) is 7. The van der Waals surface area contributed by atoms with Crippen LogP contribution < -0.4 is 4.90 Å². The van der Waals surface area contributed by atoms with E-state index in [2.05, 4.69) is 20.1 Å². The van der Waals surface area contributed by atoms with E-state index in [0.29, 0.717) is 6.54 Å². The summed E-state index contributed by atoms with van der Waals surface area (Å²) >= 11 is 0. The van der Waals surface area contributed by atoms with Crippen molar-refractivity contribution >= 4 is 34.7 Å². The highest BCUT2D eigenvalue weighted by Gasteiger charge is 2.45. The van der Waals surface area contributed by atoms with Gasteiger partial charge in [0.25, 0.3) is 0 Å². The molecule has 174 valence electrons. The first-order valence-electron chi connectivity index (χ1n) is 11.9. The van der Waals surface area contributed by atoms with Gasteiger partial charge < -0.3 is 15.2 Å². The third-order valence-electron chi connectivity index (χ3n) is 7.01. The summed E-state index contributed by atoms with van der Waals surface area (Å²) in [7, 11) is 0.